The molecule has 2 atom stereocenters. The Morgan fingerprint density at radius 1 is 1.60 bits per heavy atom. The van der Waals surface area contributed by atoms with Crippen LogP contribution in [0.1, 0.15) is 25.7 Å². The van der Waals surface area contributed by atoms with Crippen LogP contribution in [-0.2, 0) is 9.53 Å². The number of carbonyl (C=O) groups is 1. The molecule has 0 aromatic carbocycles. The first-order valence-electron chi connectivity index (χ1n) is 5.63. The van der Waals surface area contributed by atoms with Crippen molar-refractivity contribution in [3.8, 4) is 12.3 Å². The van der Waals surface area contributed by atoms with E-state index in [0.717, 1.165) is 13.1 Å². The fourth-order valence-electron chi connectivity index (χ4n) is 2.37. The SMILES string of the molecule is C#CCCC(=O)C1CN2CCCC2CO1. The number of Topliss-reactive ketones (excluding diaryl/α,β-unsaturated/α-hetero) is 1. The van der Waals surface area contributed by atoms with Gasteiger partial charge in [-0.3, -0.25) is 9.69 Å². The standard InChI is InChI=1S/C12H17NO2/c1-2-3-6-11(14)12-8-13-7-4-5-10(13)9-15-12/h1,10,12H,3-9H2. The van der Waals surface area contributed by atoms with Crippen molar-refractivity contribution in [2.45, 2.75) is 37.8 Å². The predicted molar refractivity (Wildman–Crippen MR) is 57.4 cm³/mol. The third-order valence-corrected chi connectivity index (χ3v) is 3.26. The van der Waals surface area contributed by atoms with Crippen molar-refractivity contribution in [2.75, 3.05) is 19.7 Å². The van der Waals surface area contributed by atoms with Gasteiger partial charge in [-0.2, -0.15) is 0 Å². The molecule has 0 spiro atoms. The van der Waals surface area contributed by atoms with E-state index < -0.39 is 0 Å². The molecule has 2 unspecified atom stereocenters. The van der Waals surface area contributed by atoms with E-state index in [4.69, 9.17) is 11.2 Å². The van der Waals surface area contributed by atoms with Crippen molar-refractivity contribution >= 4 is 5.78 Å². The van der Waals surface area contributed by atoms with Crippen LogP contribution in [0.2, 0.25) is 0 Å². The van der Waals surface area contributed by atoms with E-state index in [0.29, 0.717) is 25.5 Å². The van der Waals surface area contributed by atoms with Crippen LogP contribution in [0.15, 0.2) is 0 Å². The Morgan fingerprint density at radius 3 is 3.27 bits per heavy atom. The lowest BCUT2D eigenvalue weighted by atomic mass is 10.1. The molecular formula is C12H17NO2. The number of nitrogens with zero attached hydrogens (tertiary/aromatic N) is 1. The van der Waals surface area contributed by atoms with Gasteiger partial charge in [0.1, 0.15) is 6.10 Å². The second-order valence-electron chi connectivity index (χ2n) is 4.28. The average molecular weight is 207 g/mol. The summed E-state index contributed by atoms with van der Waals surface area (Å²) in [6, 6.07) is 0.557. The fourth-order valence-corrected chi connectivity index (χ4v) is 2.37. The minimum absolute atomic E-state index is 0.165. The summed E-state index contributed by atoms with van der Waals surface area (Å²) >= 11 is 0. The number of terminal acetylenes is 1. The molecule has 0 aliphatic carbocycles. The average Bonchev–Trinajstić information content (AvgIpc) is 2.72. The molecular weight excluding hydrogens is 190 g/mol. The zero-order valence-corrected chi connectivity index (χ0v) is 8.95. The van der Waals surface area contributed by atoms with Crippen LogP contribution >= 0.6 is 0 Å². The summed E-state index contributed by atoms with van der Waals surface area (Å²) in [6.45, 7) is 2.60. The molecule has 2 heterocycles. The summed E-state index contributed by atoms with van der Waals surface area (Å²) in [5.74, 6) is 2.66. The fraction of sp³-hybridized carbons (Fsp3) is 0.750. The molecule has 2 rings (SSSR count). The third kappa shape index (κ3) is 2.39. The molecule has 3 nitrogen and oxygen atoms in total. The van der Waals surface area contributed by atoms with Crippen molar-refractivity contribution in [1.82, 2.24) is 4.90 Å². The van der Waals surface area contributed by atoms with Crippen molar-refractivity contribution in [3.63, 3.8) is 0 Å². The van der Waals surface area contributed by atoms with Crippen LogP contribution in [-0.4, -0.2) is 42.5 Å². The van der Waals surface area contributed by atoms with Gasteiger partial charge in [0.05, 0.1) is 6.61 Å². The first kappa shape index (κ1) is 10.7. The minimum atomic E-state index is -0.229. The van der Waals surface area contributed by atoms with E-state index in [2.05, 4.69) is 10.8 Å². The third-order valence-electron chi connectivity index (χ3n) is 3.26. The largest absolute Gasteiger partial charge is 0.367 e. The van der Waals surface area contributed by atoms with Crippen LogP contribution in [0.25, 0.3) is 0 Å². The molecule has 15 heavy (non-hydrogen) atoms. The number of hydrogen-bond donors (Lipinski definition) is 0. The van der Waals surface area contributed by atoms with Crippen molar-refractivity contribution in [3.05, 3.63) is 0 Å². The lowest BCUT2D eigenvalue weighted by molar-refractivity contribution is -0.138. The number of ketones is 1. The summed E-state index contributed by atoms with van der Waals surface area (Å²) in [6.07, 6.45) is 8.35. The van der Waals surface area contributed by atoms with E-state index in [1.165, 1.54) is 12.8 Å². The number of morpholine rings is 1. The molecule has 0 bridgehead atoms. The summed E-state index contributed by atoms with van der Waals surface area (Å²) < 4.78 is 5.59. The Morgan fingerprint density at radius 2 is 2.47 bits per heavy atom. The minimum Gasteiger partial charge on any atom is -0.367 e. The topological polar surface area (TPSA) is 29.5 Å². The maximum Gasteiger partial charge on any atom is 0.163 e. The number of carbonyl (C=O) groups excluding carboxylic acids is 1. The maximum atomic E-state index is 11.7. The summed E-state index contributed by atoms with van der Waals surface area (Å²) in [7, 11) is 0. The normalized spacial score (nSPS) is 30.9. The zero-order valence-electron chi connectivity index (χ0n) is 8.95. The number of rotatable bonds is 3. The first-order valence-corrected chi connectivity index (χ1v) is 5.63. The van der Waals surface area contributed by atoms with E-state index in [-0.39, 0.29) is 11.9 Å². The van der Waals surface area contributed by atoms with Gasteiger partial charge < -0.3 is 4.74 Å². The molecule has 2 saturated heterocycles. The van der Waals surface area contributed by atoms with Gasteiger partial charge >= 0.3 is 0 Å². The molecule has 0 saturated carbocycles. The molecule has 0 aromatic rings. The lowest BCUT2D eigenvalue weighted by Gasteiger charge is -2.34. The second kappa shape index (κ2) is 4.78. The monoisotopic (exact) mass is 207 g/mol. The van der Waals surface area contributed by atoms with Gasteiger partial charge in [-0.25, -0.2) is 0 Å². The maximum absolute atomic E-state index is 11.7. The Bertz CT molecular complexity index is 282. The van der Waals surface area contributed by atoms with E-state index in [1.807, 2.05) is 0 Å². The highest BCUT2D eigenvalue weighted by molar-refractivity contribution is 5.83. The van der Waals surface area contributed by atoms with Crippen LogP contribution in [0.4, 0.5) is 0 Å². The first-order chi connectivity index (χ1) is 7.31. The van der Waals surface area contributed by atoms with Crippen LogP contribution in [0.3, 0.4) is 0 Å². The molecule has 2 aliphatic heterocycles. The number of hydrogen-bond acceptors (Lipinski definition) is 3. The lowest BCUT2D eigenvalue weighted by Crippen LogP contribution is -2.49. The van der Waals surface area contributed by atoms with Gasteiger partial charge in [0.2, 0.25) is 0 Å². The van der Waals surface area contributed by atoms with Crippen LogP contribution < -0.4 is 0 Å². The van der Waals surface area contributed by atoms with E-state index in [9.17, 15) is 4.79 Å². The van der Waals surface area contributed by atoms with Crippen molar-refractivity contribution < 1.29 is 9.53 Å². The summed E-state index contributed by atoms with van der Waals surface area (Å²) in [5, 5.41) is 0. The van der Waals surface area contributed by atoms with Crippen LogP contribution in [0, 0.1) is 12.3 Å². The molecule has 0 amide bonds. The van der Waals surface area contributed by atoms with E-state index >= 15 is 0 Å². The number of fused-ring (bicyclic) bond motifs is 1. The van der Waals surface area contributed by atoms with Gasteiger partial charge in [-0.1, -0.05) is 0 Å². The predicted octanol–water partition coefficient (Wildman–Crippen LogP) is 0.832. The zero-order chi connectivity index (χ0) is 10.7. The van der Waals surface area contributed by atoms with Crippen molar-refractivity contribution in [2.24, 2.45) is 0 Å². The molecule has 3 heteroatoms. The highest BCUT2D eigenvalue weighted by Crippen LogP contribution is 2.23. The van der Waals surface area contributed by atoms with Gasteiger partial charge in [0.15, 0.2) is 5.78 Å². The second-order valence-corrected chi connectivity index (χ2v) is 4.28. The Hall–Kier alpha value is -0.850. The molecule has 2 aliphatic rings. The highest BCUT2D eigenvalue weighted by atomic mass is 16.5. The number of ether oxygens (including phenoxy) is 1. The van der Waals surface area contributed by atoms with E-state index in [1.54, 1.807) is 0 Å². The summed E-state index contributed by atoms with van der Waals surface area (Å²) in [4.78, 5) is 14.1. The van der Waals surface area contributed by atoms with Crippen molar-refractivity contribution in [1.29, 1.82) is 0 Å². The molecule has 2 fully saturated rings. The van der Waals surface area contributed by atoms with Crippen LogP contribution in [0.5, 0.6) is 0 Å². The highest BCUT2D eigenvalue weighted by Gasteiger charge is 2.34. The van der Waals surface area contributed by atoms with Gasteiger partial charge in [-0.15, -0.1) is 12.3 Å². The molecule has 0 radical (unpaired) electrons. The Balaban J connectivity index is 1.84. The van der Waals surface area contributed by atoms with Gasteiger partial charge in [-0.05, 0) is 19.4 Å². The smallest absolute Gasteiger partial charge is 0.163 e. The molecule has 0 aromatic heterocycles. The molecule has 0 N–H and O–H groups in total. The summed E-state index contributed by atoms with van der Waals surface area (Å²) in [5.41, 5.74) is 0. The molecule has 82 valence electrons. The van der Waals surface area contributed by atoms with Gasteiger partial charge in [0.25, 0.3) is 0 Å². The Kier molecular flexibility index (Phi) is 3.40. The van der Waals surface area contributed by atoms with Gasteiger partial charge in [0, 0.05) is 25.4 Å². The Labute approximate surface area is 90.8 Å². The quantitative estimate of drug-likeness (QED) is 0.642.